The first-order chi connectivity index (χ1) is 11.7. The number of amides is 1. The molecule has 0 unspecified atom stereocenters. The minimum absolute atomic E-state index is 0.00373. The van der Waals surface area contributed by atoms with E-state index >= 15 is 0 Å². The van der Waals surface area contributed by atoms with Gasteiger partial charge in [0, 0.05) is 11.7 Å². The van der Waals surface area contributed by atoms with Crippen LogP contribution in [0.15, 0.2) is 41.3 Å². The highest BCUT2D eigenvalue weighted by molar-refractivity contribution is 7.89. The fourth-order valence-electron chi connectivity index (χ4n) is 2.71. The van der Waals surface area contributed by atoms with Gasteiger partial charge < -0.3 is 5.32 Å². The molecule has 0 radical (unpaired) electrons. The summed E-state index contributed by atoms with van der Waals surface area (Å²) in [7, 11) is -3.90. The maximum atomic E-state index is 13.3. The molecule has 8 heteroatoms. The van der Waals surface area contributed by atoms with E-state index in [2.05, 4.69) is 10.0 Å². The quantitative estimate of drug-likeness (QED) is 0.873. The molecule has 0 saturated heterocycles. The lowest BCUT2D eigenvalue weighted by Gasteiger charge is -2.15. The lowest BCUT2D eigenvalue weighted by molar-refractivity contribution is -0.116. The van der Waals surface area contributed by atoms with E-state index in [1.165, 1.54) is 31.2 Å². The van der Waals surface area contributed by atoms with Crippen molar-refractivity contribution in [3.8, 4) is 0 Å². The molecule has 5 nitrogen and oxygen atoms in total. The fraction of sp³-hybridized carbons (Fsp3) is 0.235. The minimum atomic E-state index is -3.90. The summed E-state index contributed by atoms with van der Waals surface area (Å²) in [5.74, 6) is -2.66. The van der Waals surface area contributed by atoms with Crippen LogP contribution in [0, 0.1) is 11.6 Å². The highest BCUT2D eigenvalue weighted by atomic mass is 32.2. The third kappa shape index (κ3) is 3.27. The second-order valence-electron chi connectivity index (χ2n) is 5.98. The molecule has 0 bridgehead atoms. The molecule has 0 aliphatic carbocycles. The van der Waals surface area contributed by atoms with Crippen LogP contribution in [0.1, 0.15) is 36.9 Å². The van der Waals surface area contributed by atoms with E-state index in [9.17, 15) is 22.0 Å². The Bertz CT molecular complexity index is 960. The molecular formula is C17H16F2N2O3S. The summed E-state index contributed by atoms with van der Waals surface area (Å²) < 4.78 is 53.9. The van der Waals surface area contributed by atoms with E-state index in [4.69, 9.17) is 0 Å². The van der Waals surface area contributed by atoms with Gasteiger partial charge in [-0.15, -0.1) is 0 Å². The Labute approximate surface area is 144 Å². The van der Waals surface area contributed by atoms with Crippen LogP contribution in [0.5, 0.6) is 0 Å². The molecular weight excluding hydrogens is 350 g/mol. The molecule has 2 aromatic carbocycles. The SMILES string of the molecule is C[C@@H](NS(=O)(=O)c1ccc2c(c1)[C@@H](C)C(=O)N2)c1ccc(F)c(F)c1. The molecule has 1 aliphatic heterocycles. The Hall–Kier alpha value is -2.32. The number of halogens is 2. The van der Waals surface area contributed by atoms with E-state index in [0.29, 0.717) is 16.8 Å². The van der Waals surface area contributed by atoms with Gasteiger partial charge in [0.2, 0.25) is 15.9 Å². The van der Waals surface area contributed by atoms with Gasteiger partial charge in [-0.05, 0) is 55.3 Å². The molecule has 3 rings (SSSR count). The summed E-state index contributed by atoms with van der Waals surface area (Å²) >= 11 is 0. The number of nitrogens with one attached hydrogen (secondary N) is 2. The second kappa shape index (κ2) is 6.20. The van der Waals surface area contributed by atoms with Crippen molar-refractivity contribution in [2.24, 2.45) is 0 Å². The van der Waals surface area contributed by atoms with Crippen LogP contribution in [0.4, 0.5) is 14.5 Å². The zero-order chi connectivity index (χ0) is 18.4. The Morgan fingerprint density at radius 3 is 2.52 bits per heavy atom. The number of benzene rings is 2. The Morgan fingerprint density at radius 2 is 1.84 bits per heavy atom. The van der Waals surface area contributed by atoms with E-state index in [1.807, 2.05) is 0 Å². The zero-order valence-electron chi connectivity index (χ0n) is 13.5. The van der Waals surface area contributed by atoms with Crippen molar-refractivity contribution in [3.63, 3.8) is 0 Å². The third-order valence-electron chi connectivity index (χ3n) is 4.23. The van der Waals surface area contributed by atoms with E-state index in [-0.39, 0.29) is 10.8 Å². The molecule has 1 heterocycles. The Morgan fingerprint density at radius 1 is 1.12 bits per heavy atom. The molecule has 0 saturated carbocycles. The predicted molar refractivity (Wildman–Crippen MR) is 88.6 cm³/mol. The molecule has 0 spiro atoms. The number of carbonyl (C=O) groups excluding carboxylic acids is 1. The second-order valence-corrected chi connectivity index (χ2v) is 7.69. The maximum Gasteiger partial charge on any atom is 0.241 e. The number of hydrogen-bond acceptors (Lipinski definition) is 3. The van der Waals surface area contributed by atoms with E-state index < -0.39 is 33.6 Å². The minimum Gasteiger partial charge on any atom is -0.325 e. The van der Waals surface area contributed by atoms with Crippen molar-refractivity contribution < 1.29 is 22.0 Å². The topological polar surface area (TPSA) is 75.3 Å². The van der Waals surface area contributed by atoms with Gasteiger partial charge in [-0.2, -0.15) is 0 Å². The van der Waals surface area contributed by atoms with Crippen LogP contribution < -0.4 is 10.0 Å². The molecule has 2 N–H and O–H groups in total. The van der Waals surface area contributed by atoms with E-state index in [0.717, 1.165) is 12.1 Å². The zero-order valence-corrected chi connectivity index (χ0v) is 14.3. The van der Waals surface area contributed by atoms with Gasteiger partial charge >= 0.3 is 0 Å². The molecule has 25 heavy (non-hydrogen) atoms. The molecule has 2 aromatic rings. The molecule has 0 fully saturated rings. The lowest BCUT2D eigenvalue weighted by Crippen LogP contribution is -2.27. The number of fused-ring (bicyclic) bond motifs is 1. The summed E-state index contributed by atoms with van der Waals surface area (Å²) in [6.45, 7) is 3.22. The predicted octanol–water partition coefficient (Wildman–Crippen LogP) is 3.06. The van der Waals surface area contributed by atoms with Gasteiger partial charge in [0.25, 0.3) is 0 Å². The van der Waals surface area contributed by atoms with Gasteiger partial charge in [0.15, 0.2) is 11.6 Å². The van der Waals surface area contributed by atoms with Crippen LogP contribution in [0.25, 0.3) is 0 Å². The van der Waals surface area contributed by atoms with Crippen LogP contribution >= 0.6 is 0 Å². The highest BCUT2D eigenvalue weighted by Gasteiger charge is 2.29. The normalized spacial score (nSPS) is 17.9. The van der Waals surface area contributed by atoms with Crippen LogP contribution in [-0.2, 0) is 14.8 Å². The molecule has 2 atom stereocenters. The summed E-state index contributed by atoms with van der Waals surface area (Å²) in [4.78, 5) is 11.7. The summed E-state index contributed by atoms with van der Waals surface area (Å²) in [6, 6.07) is 6.83. The van der Waals surface area contributed by atoms with Gasteiger partial charge in [0.05, 0.1) is 10.8 Å². The third-order valence-corrected chi connectivity index (χ3v) is 5.76. The monoisotopic (exact) mass is 366 g/mol. The van der Waals surface area contributed by atoms with Gasteiger partial charge in [0.1, 0.15) is 0 Å². The van der Waals surface area contributed by atoms with E-state index in [1.54, 1.807) is 6.92 Å². The fourth-order valence-corrected chi connectivity index (χ4v) is 3.98. The largest absolute Gasteiger partial charge is 0.325 e. The molecule has 1 amide bonds. The summed E-state index contributed by atoms with van der Waals surface area (Å²) in [5.41, 5.74) is 1.49. The first kappa shape index (κ1) is 17.5. The average Bonchev–Trinajstić information content (AvgIpc) is 2.84. The lowest BCUT2D eigenvalue weighted by atomic mass is 10.0. The first-order valence-electron chi connectivity index (χ1n) is 7.61. The van der Waals surface area contributed by atoms with Crippen molar-refractivity contribution in [1.29, 1.82) is 0 Å². The first-order valence-corrected chi connectivity index (χ1v) is 9.09. The summed E-state index contributed by atoms with van der Waals surface area (Å²) in [5, 5.41) is 2.67. The van der Waals surface area contributed by atoms with Crippen LogP contribution in [-0.4, -0.2) is 14.3 Å². The number of hydrogen-bond donors (Lipinski definition) is 2. The highest BCUT2D eigenvalue weighted by Crippen LogP contribution is 2.34. The summed E-state index contributed by atoms with van der Waals surface area (Å²) in [6.07, 6.45) is 0. The van der Waals surface area contributed by atoms with Crippen molar-refractivity contribution in [3.05, 3.63) is 59.2 Å². The van der Waals surface area contributed by atoms with Gasteiger partial charge in [-0.25, -0.2) is 21.9 Å². The number of sulfonamides is 1. The van der Waals surface area contributed by atoms with Crippen molar-refractivity contribution in [2.75, 3.05) is 5.32 Å². The molecule has 0 aromatic heterocycles. The Kier molecular flexibility index (Phi) is 4.34. The molecule has 132 valence electrons. The smallest absolute Gasteiger partial charge is 0.241 e. The number of carbonyl (C=O) groups is 1. The number of anilines is 1. The standard InChI is InChI=1S/C17H16F2N2O3S/c1-9-13-8-12(4-6-16(13)20-17(9)22)25(23,24)21-10(2)11-3-5-14(18)15(19)7-11/h3-10,21H,1-2H3,(H,20,22)/t9-,10-/m1/s1. The van der Waals surface area contributed by atoms with Crippen LogP contribution in [0.2, 0.25) is 0 Å². The van der Waals surface area contributed by atoms with Gasteiger partial charge in [-0.1, -0.05) is 6.07 Å². The van der Waals surface area contributed by atoms with Crippen LogP contribution in [0.3, 0.4) is 0 Å². The van der Waals surface area contributed by atoms with Crippen molar-refractivity contribution >= 4 is 21.6 Å². The van der Waals surface area contributed by atoms with Crippen molar-refractivity contribution in [1.82, 2.24) is 4.72 Å². The van der Waals surface area contributed by atoms with Crippen molar-refractivity contribution in [2.45, 2.75) is 30.7 Å². The Balaban J connectivity index is 1.87. The van der Waals surface area contributed by atoms with Gasteiger partial charge in [-0.3, -0.25) is 4.79 Å². The number of rotatable bonds is 4. The molecule has 1 aliphatic rings. The average molecular weight is 366 g/mol. The maximum absolute atomic E-state index is 13.3.